The normalized spacial score (nSPS) is 11.7. The Hall–Kier alpha value is -2.38. The number of unbranched alkanes of at least 4 members (excludes halogenated alkanes) is 2. The molecule has 1 heterocycles. The molecule has 1 aromatic heterocycles. The molecule has 1 unspecified atom stereocenters. The number of carboxylic acids is 1. The van der Waals surface area contributed by atoms with Gasteiger partial charge in [0, 0.05) is 19.2 Å². The van der Waals surface area contributed by atoms with Gasteiger partial charge < -0.3 is 15.2 Å². The molecule has 0 saturated carbocycles. The van der Waals surface area contributed by atoms with E-state index < -0.39 is 12.0 Å². The monoisotopic (exact) mass is 311 g/mol. The third-order valence-electron chi connectivity index (χ3n) is 3.20. The van der Waals surface area contributed by atoms with Crippen molar-refractivity contribution in [3.05, 3.63) is 18.0 Å². The molecule has 1 atom stereocenters. The Morgan fingerprint density at radius 3 is 2.73 bits per heavy atom. The standard InChI is InChI=1S/C14H21N3O5/c1-10(14(20)21)17-11(7-9-16-17)13(19)15-8-5-3-4-6-12(18)22-2/h7,9-10H,3-6,8H2,1-2H3,(H,15,19)(H,20,21). The number of nitrogens with one attached hydrogen (secondary N) is 1. The topological polar surface area (TPSA) is 111 Å². The van der Waals surface area contributed by atoms with E-state index in [0.717, 1.165) is 12.8 Å². The van der Waals surface area contributed by atoms with Crippen LogP contribution in [0.2, 0.25) is 0 Å². The van der Waals surface area contributed by atoms with Gasteiger partial charge in [-0.25, -0.2) is 9.48 Å². The van der Waals surface area contributed by atoms with Gasteiger partial charge in [-0.3, -0.25) is 9.59 Å². The van der Waals surface area contributed by atoms with E-state index in [1.807, 2.05) is 0 Å². The van der Waals surface area contributed by atoms with Crippen LogP contribution in [0.5, 0.6) is 0 Å². The molecule has 0 bridgehead atoms. The summed E-state index contributed by atoms with van der Waals surface area (Å²) in [4.78, 5) is 33.9. The van der Waals surface area contributed by atoms with E-state index in [9.17, 15) is 14.4 Å². The quantitative estimate of drug-likeness (QED) is 0.520. The Bertz CT molecular complexity index is 526. The number of amides is 1. The van der Waals surface area contributed by atoms with Crippen LogP contribution in [0.15, 0.2) is 12.3 Å². The van der Waals surface area contributed by atoms with E-state index >= 15 is 0 Å². The fourth-order valence-corrected chi connectivity index (χ4v) is 1.87. The molecule has 122 valence electrons. The van der Waals surface area contributed by atoms with Gasteiger partial charge in [-0.1, -0.05) is 6.42 Å². The molecular weight excluding hydrogens is 290 g/mol. The molecule has 1 aromatic rings. The minimum atomic E-state index is -1.06. The zero-order chi connectivity index (χ0) is 16.5. The van der Waals surface area contributed by atoms with Crippen molar-refractivity contribution < 1.29 is 24.2 Å². The molecule has 0 aliphatic heterocycles. The van der Waals surface area contributed by atoms with Crippen molar-refractivity contribution in [2.45, 2.75) is 38.6 Å². The van der Waals surface area contributed by atoms with Gasteiger partial charge in [0.25, 0.3) is 5.91 Å². The van der Waals surface area contributed by atoms with Crippen molar-refractivity contribution in [3.63, 3.8) is 0 Å². The summed E-state index contributed by atoms with van der Waals surface area (Å²) in [7, 11) is 1.35. The summed E-state index contributed by atoms with van der Waals surface area (Å²) in [5.74, 6) is -1.66. The number of aromatic nitrogens is 2. The Balaban J connectivity index is 2.36. The Kier molecular flexibility index (Phi) is 7.07. The van der Waals surface area contributed by atoms with E-state index in [0.29, 0.717) is 19.4 Å². The Morgan fingerprint density at radius 1 is 1.36 bits per heavy atom. The minimum Gasteiger partial charge on any atom is -0.480 e. The Labute approximate surface area is 128 Å². The first-order valence-electron chi connectivity index (χ1n) is 7.08. The van der Waals surface area contributed by atoms with Crippen molar-refractivity contribution >= 4 is 17.8 Å². The summed E-state index contributed by atoms with van der Waals surface area (Å²) in [6.45, 7) is 1.91. The molecule has 22 heavy (non-hydrogen) atoms. The number of methoxy groups -OCH3 is 1. The highest BCUT2D eigenvalue weighted by atomic mass is 16.5. The number of rotatable bonds is 9. The SMILES string of the molecule is COC(=O)CCCCCNC(=O)c1ccnn1C(C)C(=O)O. The van der Waals surface area contributed by atoms with Crippen LogP contribution in [0, 0.1) is 0 Å². The first-order chi connectivity index (χ1) is 10.5. The number of esters is 1. The molecular formula is C14H21N3O5. The van der Waals surface area contributed by atoms with E-state index in [2.05, 4.69) is 15.2 Å². The van der Waals surface area contributed by atoms with Crippen LogP contribution in [-0.2, 0) is 14.3 Å². The summed E-state index contributed by atoms with van der Waals surface area (Å²) in [5, 5.41) is 15.5. The average Bonchev–Trinajstić information content (AvgIpc) is 2.98. The summed E-state index contributed by atoms with van der Waals surface area (Å²) in [5.41, 5.74) is 0.212. The maximum atomic E-state index is 12.0. The first-order valence-corrected chi connectivity index (χ1v) is 7.08. The maximum absolute atomic E-state index is 12.0. The second-order valence-corrected chi connectivity index (χ2v) is 4.82. The van der Waals surface area contributed by atoms with E-state index in [1.165, 1.54) is 31.0 Å². The number of aliphatic carboxylic acids is 1. The van der Waals surface area contributed by atoms with Crippen LogP contribution in [0.4, 0.5) is 0 Å². The fourth-order valence-electron chi connectivity index (χ4n) is 1.87. The van der Waals surface area contributed by atoms with Gasteiger partial charge in [0.1, 0.15) is 11.7 Å². The third kappa shape index (κ3) is 5.19. The van der Waals surface area contributed by atoms with Gasteiger partial charge >= 0.3 is 11.9 Å². The molecule has 8 nitrogen and oxygen atoms in total. The number of ether oxygens (including phenoxy) is 1. The van der Waals surface area contributed by atoms with Crippen molar-refractivity contribution in [2.24, 2.45) is 0 Å². The second kappa shape index (κ2) is 8.81. The Morgan fingerprint density at radius 2 is 2.09 bits per heavy atom. The molecule has 0 aromatic carbocycles. The number of carbonyl (C=O) groups excluding carboxylic acids is 2. The van der Waals surface area contributed by atoms with Crippen molar-refractivity contribution in [1.82, 2.24) is 15.1 Å². The van der Waals surface area contributed by atoms with Crippen molar-refractivity contribution in [3.8, 4) is 0 Å². The third-order valence-corrected chi connectivity index (χ3v) is 3.20. The van der Waals surface area contributed by atoms with Crippen LogP contribution in [0.1, 0.15) is 49.1 Å². The molecule has 0 radical (unpaired) electrons. The van der Waals surface area contributed by atoms with Crippen LogP contribution < -0.4 is 5.32 Å². The predicted octanol–water partition coefficient (Wildman–Crippen LogP) is 0.992. The lowest BCUT2D eigenvalue weighted by atomic mass is 10.2. The molecule has 0 spiro atoms. The van der Waals surface area contributed by atoms with Gasteiger partial charge in [-0.15, -0.1) is 0 Å². The van der Waals surface area contributed by atoms with Crippen LogP contribution in [0.25, 0.3) is 0 Å². The highest BCUT2D eigenvalue weighted by molar-refractivity contribution is 5.93. The van der Waals surface area contributed by atoms with Crippen LogP contribution >= 0.6 is 0 Å². The van der Waals surface area contributed by atoms with Gasteiger partial charge in [0.2, 0.25) is 0 Å². The average molecular weight is 311 g/mol. The smallest absolute Gasteiger partial charge is 0.328 e. The van der Waals surface area contributed by atoms with E-state index in [-0.39, 0.29) is 17.6 Å². The predicted molar refractivity (Wildman–Crippen MR) is 77.4 cm³/mol. The number of hydrogen-bond acceptors (Lipinski definition) is 5. The van der Waals surface area contributed by atoms with Crippen LogP contribution in [-0.4, -0.2) is 46.4 Å². The largest absolute Gasteiger partial charge is 0.480 e. The summed E-state index contributed by atoms with van der Waals surface area (Å²) < 4.78 is 5.71. The lowest BCUT2D eigenvalue weighted by Gasteiger charge is -2.11. The molecule has 0 aliphatic carbocycles. The van der Waals surface area contributed by atoms with E-state index in [1.54, 1.807) is 0 Å². The van der Waals surface area contributed by atoms with Crippen LogP contribution in [0.3, 0.4) is 0 Å². The zero-order valence-corrected chi connectivity index (χ0v) is 12.7. The van der Waals surface area contributed by atoms with Gasteiger partial charge in [-0.05, 0) is 25.8 Å². The fraction of sp³-hybridized carbons (Fsp3) is 0.571. The molecule has 0 aliphatic rings. The maximum Gasteiger partial charge on any atom is 0.328 e. The van der Waals surface area contributed by atoms with E-state index in [4.69, 9.17) is 5.11 Å². The highest BCUT2D eigenvalue weighted by Gasteiger charge is 2.20. The molecule has 1 rings (SSSR count). The molecule has 0 saturated heterocycles. The number of carbonyl (C=O) groups is 3. The molecule has 1 amide bonds. The molecule has 8 heteroatoms. The van der Waals surface area contributed by atoms with Gasteiger partial charge in [-0.2, -0.15) is 5.10 Å². The zero-order valence-electron chi connectivity index (χ0n) is 12.7. The van der Waals surface area contributed by atoms with Gasteiger partial charge in [0.15, 0.2) is 0 Å². The number of nitrogens with zero attached hydrogens (tertiary/aromatic N) is 2. The molecule has 0 fully saturated rings. The van der Waals surface area contributed by atoms with Crippen molar-refractivity contribution in [1.29, 1.82) is 0 Å². The summed E-state index contributed by atoms with van der Waals surface area (Å²) in [6, 6.07) is 0.572. The lowest BCUT2D eigenvalue weighted by Crippen LogP contribution is -2.29. The summed E-state index contributed by atoms with van der Waals surface area (Å²) in [6.07, 6.45) is 3.99. The number of hydrogen-bond donors (Lipinski definition) is 2. The first kappa shape index (κ1) is 17.7. The second-order valence-electron chi connectivity index (χ2n) is 4.82. The lowest BCUT2D eigenvalue weighted by molar-refractivity contribution is -0.141. The summed E-state index contributed by atoms with van der Waals surface area (Å²) >= 11 is 0. The minimum absolute atomic E-state index is 0.212. The number of carboxylic acid groups (broad SMARTS) is 1. The van der Waals surface area contributed by atoms with Gasteiger partial charge in [0.05, 0.1) is 7.11 Å². The highest BCUT2D eigenvalue weighted by Crippen LogP contribution is 2.09. The van der Waals surface area contributed by atoms with Crippen molar-refractivity contribution in [2.75, 3.05) is 13.7 Å². The molecule has 2 N–H and O–H groups in total.